The van der Waals surface area contributed by atoms with Gasteiger partial charge in [0.05, 0.1) is 6.10 Å². The summed E-state index contributed by atoms with van der Waals surface area (Å²) in [6.07, 6.45) is 5.73. The Kier molecular flexibility index (Phi) is 5.83. The van der Waals surface area contributed by atoms with Crippen molar-refractivity contribution in [1.82, 2.24) is 0 Å². The van der Waals surface area contributed by atoms with Crippen LogP contribution in [0.3, 0.4) is 0 Å². The van der Waals surface area contributed by atoms with E-state index in [1.54, 1.807) is 0 Å². The van der Waals surface area contributed by atoms with Crippen LogP contribution in [0.1, 0.15) is 77.0 Å². The lowest BCUT2D eigenvalue weighted by Gasteiger charge is -2.28. The van der Waals surface area contributed by atoms with Crippen LogP contribution in [0.25, 0.3) is 0 Å². The third-order valence-electron chi connectivity index (χ3n) is 4.15. The maximum absolute atomic E-state index is 6.22. The molecule has 2 nitrogen and oxygen atoms in total. The molecule has 0 spiro atoms. The predicted molar refractivity (Wildman–Crippen MR) is 87.5 cm³/mol. The fourth-order valence-electron chi connectivity index (χ4n) is 2.77. The molecule has 0 aromatic heterocycles. The highest BCUT2D eigenvalue weighted by Gasteiger charge is 2.21. The summed E-state index contributed by atoms with van der Waals surface area (Å²) in [4.78, 5) is 0. The molecule has 0 bridgehead atoms. The van der Waals surface area contributed by atoms with Gasteiger partial charge in [-0.2, -0.15) is 0 Å². The van der Waals surface area contributed by atoms with Crippen molar-refractivity contribution in [3.63, 3.8) is 0 Å². The summed E-state index contributed by atoms with van der Waals surface area (Å²) < 4.78 is 12.0. The van der Waals surface area contributed by atoms with E-state index in [4.69, 9.17) is 9.47 Å². The molecule has 118 valence electrons. The lowest BCUT2D eigenvalue weighted by Crippen LogP contribution is -2.24. The molecule has 1 aromatic rings. The average Bonchev–Trinajstić information content (AvgIpc) is 2.47. The number of hydrogen-bond acceptors (Lipinski definition) is 2. The first-order valence-corrected chi connectivity index (χ1v) is 8.38. The minimum Gasteiger partial charge on any atom is -0.353 e. The van der Waals surface area contributed by atoms with E-state index in [2.05, 4.69) is 52.0 Å². The first-order valence-electron chi connectivity index (χ1n) is 8.38. The molecule has 1 saturated heterocycles. The van der Waals surface area contributed by atoms with E-state index in [1.165, 1.54) is 24.0 Å². The summed E-state index contributed by atoms with van der Waals surface area (Å²) in [5, 5.41) is 0. The Balaban J connectivity index is 2.06. The molecule has 2 unspecified atom stereocenters. The van der Waals surface area contributed by atoms with Crippen molar-refractivity contribution >= 4 is 0 Å². The number of ether oxygens (including phenoxy) is 2. The first-order chi connectivity index (χ1) is 10.0. The van der Waals surface area contributed by atoms with Crippen molar-refractivity contribution in [2.75, 3.05) is 6.61 Å². The minimum atomic E-state index is -0.0161. The maximum Gasteiger partial charge on any atom is 0.158 e. The summed E-state index contributed by atoms with van der Waals surface area (Å²) >= 11 is 0. The molecule has 2 atom stereocenters. The van der Waals surface area contributed by atoms with Crippen molar-refractivity contribution in [1.29, 1.82) is 0 Å². The Morgan fingerprint density at radius 1 is 1.19 bits per heavy atom. The highest BCUT2D eigenvalue weighted by atomic mass is 16.7. The molecule has 1 fully saturated rings. The highest BCUT2D eigenvalue weighted by Crippen LogP contribution is 2.30. The third kappa shape index (κ3) is 4.82. The summed E-state index contributed by atoms with van der Waals surface area (Å²) in [7, 11) is 0. The van der Waals surface area contributed by atoms with Crippen LogP contribution in [0.15, 0.2) is 24.3 Å². The summed E-state index contributed by atoms with van der Waals surface area (Å²) in [6, 6.07) is 8.93. The Morgan fingerprint density at radius 3 is 2.43 bits per heavy atom. The Morgan fingerprint density at radius 2 is 1.90 bits per heavy atom. The van der Waals surface area contributed by atoms with Gasteiger partial charge in [0.1, 0.15) is 0 Å². The van der Waals surface area contributed by atoms with Crippen LogP contribution in [-0.4, -0.2) is 12.9 Å². The van der Waals surface area contributed by atoms with Crippen LogP contribution < -0.4 is 0 Å². The Hall–Kier alpha value is -0.860. The van der Waals surface area contributed by atoms with Crippen LogP contribution in [0.4, 0.5) is 0 Å². The SMILES string of the molecule is CCCC(OC1CCCCO1)c1ccc(C(C)(C)C)cc1. The van der Waals surface area contributed by atoms with E-state index in [9.17, 15) is 0 Å². The van der Waals surface area contributed by atoms with Crippen LogP contribution in [0, 0.1) is 0 Å². The zero-order valence-corrected chi connectivity index (χ0v) is 14.0. The van der Waals surface area contributed by atoms with Crippen molar-refractivity contribution in [3.8, 4) is 0 Å². The topological polar surface area (TPSA) is 18.5 Å². The van der Waals surface area contributed by atoms with E-state index < -0.39 is 0 Å². The average molecular weight is 290 g/mol. The Labute approximate surface area is 129 Å². The van der Waals surface area contributed by atoms with Gasteiger partial charge < -0.3 is 9.47 Å². The lowest BCUT2D eigenvalue weighted by molar-refractivity contribution is -0.191. The molecule has 1 aromatic carbocycles. The molecule has 1 aliphatic rings. The number of benzene rings is 1. The first kappa shape index (κ1) is 16.5. The fraction of sp³-hybridized carbons (Fsp3) is 0.684. The second kappa shape index (κ2) is 7.42. The summed E-state index contributed by atoms with van der Waals surface area (Å²) in [5.74, 6) is 0. The van der Waals surface area contributed by atoms with Crippen LogP contribution in [-0.2, 0) is 14.9 Å². The predicted octanol–water partition coefficient (Wildman–Crippen LogP) is 5.37. The van der Waals surface area contributed by atoms with Gasteiger partial charge in [0.2, 0.25) is 0 Å². The van der Waals surface area contributed by atoms with Gasteiger partial charge in [-0.15, -0.1) is 0 Å². The zero-order chi connectivity index (χ0) is 15.3. The van der Waals surface area contributed by atoms with Crippen LogP contribution >= 0.6 is 0 Å². The molecule has 1 heterocycles. The van der Waals surface area contributed by atoms with Crippen LogP contribution in [0.5, 0.6) is 0 Å². The molecule has 1 aliphatic heterocycles. The Bertz CT molecular complexity index is 410. The van der Waals surface area contributed by atoms with E-state index in [0.29, 0.717) is 0 Å². The fourth-order valence-corrected chi connectivity index (χ4v) is 2.77. The van der Waals surface area contributed by atoms with Gasteiger partial charge in [-0.3, -0.25) is 0 Å². The van der Waals surface area contributed by atoms with E-state index in [-0.39, 0.29) is 17.8 Å². The van der Waals surface area contributed by atoms with Gasteiger partial charge in [-0.1, -0.05) is 58.4 Å². The molecule has 0 N–H and O–H groups in total. The highest BCUT2D eigenvalue weighted by molar-refractivity contribution is 5.28. The van der Waals surface area contributed by atoms with Crippen LogP contribution in [0.2, 0.25) is 0 Å². The van der Waals surface area contributed by atoms with Gasteiger partial charge >= 0.3 is 0 Å². The van der Waals surface area contributed by atoms with Crippen molar-refractivity contribution < 1.29 is 9.47 Å². The largest absolute Gasteiger partial charge is 0.353 e. The summed E-state index contributed by atoms with van der Waals surface area (Å²) in [6.45, 7) is 9.79. The van der Waals surface area contributed by atoms with Gasteiger partial charge in [0.25, 0.3) is 0 Å². The van der Waals surface area contributed by atoms with Gasteiger partial charge in [-0.25, -0.2) is 0 Å². The monoisotopic (exact) mass is 290 g/mol. The van der Waals surface area contributed by atoms with Crippen molar-refractivity contribution in [2.45, 2.75) is 77.6 Å². The van der Waals surface area contributed by atoms with Crippen molar-refractivity contribution in [3.05, 3.63) is 35.4 Å². The molecular formula is C19H30O2. The molecular weight excluding hydrogens is 260 g/mol. The summed E-state index contributed by atoms with van der Waals surface area (Å²) in [5.41, 5.74) is 2.85. The number of hydrogen-bond donors (Lipinski definition) is 0. The van der Waals surface area contributed by atoms with Gasteiger partial charge in [0, 0.05) is 6.61 Å². The molecule has 0 saturated carbocycles. The van der Waals surface area contributed by atoms with E-state index in [1.807, 2.05) is 0 Å². The quantitative estimate of drug-likeness (QED) is 0.726. The van der Waals surface area contributed by atoms with Gasteiger partial charge in [0.15, 0.2) is 6.29 Å². The molecule has 21 heavy (non-hydrogen) atoms. The standard InChI is InChI=1S/C19H30O2/c1-5-8-17(21-18-9-6-7-14-20-18)15-10-12-16(13-11-15)19(2,3)4/h10-13,17-18H,5-9,14H2,1-4H3. The smallest absolute Gasteiger partial charge is 0.158 e. The molecule has 2 rings (SSSR count). The van der Waals surface area contributed by atoms with Crippen molar-refractivity contribution in [2.24, 2.45) is 0 Å². The minimum absolute atomic E-state index is 0.0161. The number of rotatable bonds is 5. The maximum atomic E-state index is 6.22. The third-order valence-corrected chi connectivity index (χ3v) is 4.15. The molecule has 2 heteroatoms. The van der Waals surface area contributed by atoms with Gasteiger partial charge in [-0.05, 0) is 42.2 Å². The molecule has 0 amide bonds. The second-order valence-corrected chi connectivity index (χ2v) is 7.08. The lowest BCUT2D eigenvalue weighted by atomic mass is 9.86. The zero-order valence-electron chi connectivity index (χ0n) is 14.0. The van der Waals surface area contributed by atoms with E-state index >= 15 is 0 Å². The molecule has 0 radical (unpaired) electrons. The van der Waals surface area contributed by atoms with E-state index in [0.717, 1.165) is 25.9 Å². The molecule has 0 aliphatic carbocycles. The normalized spacial score (nSPS) is 21.2. The second-order valence-electron chi connectivity index (χ2n) is 7.08.